The van der Waals surface area contributed by atoms with E-state index in [2.05, 4.69) is 15.5 Å². The van der Waals surface area contributed by atoms with Gasteiger partial charge in [0.25, 0.3) is 5.91 Å². The summed E-state index contributed by atoms with van der Waals surface area (Å²) in [6.07, 6.45) is 5.33. The molecule has 0 radical (unpaired) electrons. The number of nitrogens with two attached hydrogens (primary N) is 1. The van der Waals surface area contributed by atoms with E-state index in [4.69, 9.17) is 5.73 Å². The monoisotopic (exact) mass is 290 g/mol. The maximum absolute atomic E-state index is 11.5. The molecule has 0 saturated carbocycles. The average Bonchev–Trinajstić information content (AvgIpc) is 2.77. The summed E-state index contributed by atoms with van der Waals surface area (Å²) in [6.45, 7) is 4.32. The van der Waals surface area contributed by atoms with Crippen LogP contribution in [-0.2, 0) is 0 Å². The summed E-state index contributed by atoms with van der Waals surface area (Å²) < 4.78 is 0. The summed E-state index contributed by atoms with van der Waals surface area (Å²) in [6, 6.07) is 5.39. The maximum atomic E-state index is 11.5. The summed E-state index contributed by atoms with van der Waals surface area (Å²) >= 11 is 0. The molecule has 0 atom stereocenters. The van der Waals surface area contributed by atoms with Crippen LogP contribution in [0.2, 0.25) is 0 Å². The van der Waals surface area contributed by atoms with Gasteiger partial charge in [-0.2, -0.15) is 0 Å². The molecule has 5 nitrogen and oxygen atoms in total. The van der Waals surface area contributed by atoms with Gasteiger partial charge in [-0.25, -0.2) is 0 Å². The highest BCUT2D eigenvalue weighted by atomic mass is 16.1. The number of hydrogen-bond acceptors (Lipinski definition) is 4. The number of benzene rings is 1. The molecule has 0 unspecified atom stereocenters. The third-order valence-corrected chi connectivity index (χ3v) is 3.98. The van der Waals surface area contributed by atoms with Crippen molar-refractivity contribution in [3.05, 3.63) is 23.8 Å². The summed E-state index contributed by atoms with van der Waals surface area (Å²) in [7, 11) is 1.62. The van der Waals surface area contributed by atoms with Gasteiger partial charge in [-0.15, -0.1) is 0 Å². The van der Waals surface area contributed by atoms with E-state index in [1.807, 2.05) is 6.07 Å². The molecule has 1 amide bonds. The van der Waals surface area contributed by atoms with Crippen molar-refractivity contribution in [3.8, 4) is 0 Å². The first-order chi connectivity index (χ1) is 10.2. The van der Waals surface area contributed by atoms with Crippen LogP contribution >= 0.6 is 0 Å². The second kappa shape index (κ2) is 7.88. The molecule has 1 aliphatic heterocycles. The molecule has 1 aromatic rings. The van der Waals surface area contributed by atoms with Gasteiger partial charge >= 0.3 is 0 Å². The zero-order valence-electron chi connectivity index (χ0n) is 12.8. The van der Waals surface area contributed by atoms with E-state index in [0.29, 0.717) is 11.3 Å². The number of nitrogens with one attached hydrogen (secondary N) is 2. The van der Waals surface area contributed by atoms with E-state index in [0.717, 1.165) is 18.8 Å². The smallest absolute Gasteiger partial charge is 0.251 e. The van der Waals surface area contributed by atoms with E-state index < -0.39 is 0 Å². The molecule has 116 valence electrons. The highest BCUT2D eigenvalue weighted by Crippen LogP contribution is 2.19. The largest absolute Gasteiger partial charge is 0.397 e. The number of likely N-dealkylation sites (tertiary alicyclic amines) is 1. The lowest BCUT2D eigenvalue weighted by molar-refractivity contribution is 0.0963. The molecule has 1 aromatic carbocycles. The lowest BCUT2D eigenvalue weighted by Gasteiger charge is -2.20. The van der Waals surface area contributed by atoms with Crippen LogP contribution in [0.25, 0.3) is 0 Å². The predicted molar refractivity (Wildman–Crippen MR) is 87.6 cm³/mol. The lowest BCUT2D eigenvalue weighted by atomic mass is 10.1. The quantitative estimate of drug-likeness (QED) is 0.725. The normalized spacial score (nSPS) is 16.2. The number of nitrogens with zero attached hydrogens (tertiary/aromatic N) is 1. The molecule has 4 N–H and O–H groups in total. The molecule has 1 heterocycles. The van der Waals surface area contributed by atoms with Crippen molar-refractivity contribution >= 4 is 17.3 Å². The Morgan fingerprint density at radius 2 is 1.95 bits per heavy atom. The Hall–Kier alpha value is -1.75. The number of hydrogen-bond donors (Lipinski definition) is 3. The number of amides is 1. The van der Waals surface area contributed by atoms with Crippen molar-refractivity contribution in [1.82, 2.24) is 10.2 Å². The number of carbonyl (C=O) groups is 1. The zero-order chi connectivity index (χ0) is 15.1. The molecule has 5 heteroatoms. The Labute approximate surface area is 126 Å². The highest BCUT2D eigenvalue weighted by molar-refractivity contribution is 5.95. The third-order valence-electron chi connectivity index (χ3n) is 3.98. The Bertz CT molecular complexity index is 467. The second-order valence-corrected chi connectivity index (χ2v) is 5.56. The molecule has 1 saturated heterocycles. The van der Waals surface area contributed by atoms with Crippen LogP contribution in [0.15, 0.2) is 18.2 Å². The number of anilines is 2. The summed E-state index contributed by atoms with van der Waals surface area (Å²) in [5.74, 6) is -0.113. The van der Waals surface area contributed by atoms with E-state index in [1.54, 1.807) is 19.2 Å². The van der Waals surface area contributed by atoms with Crippen molar-refractivity contribution in [1.29, 1.82) is 0 Å². The van der Waals surface area contributed by atoms with Crippen molar-refractivity contribution < 1.29 is 4.79 Å². The van der Waals surface area contributed by atoms with Crippen LogP contribution in [0.1, 0.15) is 36.0 Å². The van der Waals surface area contributed by atoms with Gasteiger partial charge in [0.05, 0.1) is 11.4 Å². The van der Waals surface area contributed by atoms with Gasteiger partial charge in [0.2, 0.25) is 0 Å². The Balaban J connectivity index is 1.84. The molecule has 1 aliphatic rings. The van der Waals surface area contributed by atoms with Gasteiger partial charge in [0, 0.05) is 25.7 Å². The van der Waals surface area contributed by atoms with E-state index >= 15 is 0 Å². The molecule has 0 spiro atoms. The van der Waals surface area contributed by atoms with Gasteiger partial charge in [-0.05, 0) is 44.1 Å². The first kappa shape index (κ1) is 15.6. The van der Waals surface area contributed by atoms with Gasteiger partial charge in [-0.1, -0.05) is 12.8 Å². The molecule has 1 fully saturated rings. The van der Waals surface area contributed by atoms with Crippen molar-refractivity contribution in [2.75, 3.05) is 44.3 Å². The fourth-order valence-electron chi connectivity index (χ4n) is 2.72. The topological polar surface area (TPSA) is 70.4 Å². The molecule has 0 aromatic heterocycles. The molecule has 21 heavy (non-hydrogen) atoms. The van der Waals surface area contributed by atoms with Crippen LogP contribution in [0.5, 0.6) is 0 Å². The summed E-state index contributed by atoms with van der Waals surface area (Å²) in [4.78, 5) is 14.0. The Morgan fingerprint density at radius 3 is 2.57 bits per heavy atom. The number of nitrogen functional groups attached to an aromatic ring is 1. The molecule has 0 aliphatic carbocycles. The Morgan fingerprint density at radius 1 is 1.24 bits per heavy atom. The fourth-order valence-corrected chi connectivity index (χ4v) is 2.72. The summed E-state index contributed by atoms with van der Waals surface area (Å²) in [5.41, 5.74) is 8.11. The van der Waals surface area contributed by atoms with Crippen LogP contribution in [0, 0.1) is 0 Å². The third kappa shape index (κ3) is 4.63. The van der Waals surface area contributed by atoms with Gasteiger partial charge in [0.1, 0.15) is 0 Å². The minimum absolute atomic E-state index is 0.113. The van der Waals surface area contributed by atoms with Gasteiger partial charge < -0.3 is 21.3 Å². The SMILES string of the molecule is CNC(=O)c1ccc(NCCN2CCCCCC2)c(N)c1. The first-order valence-corrected chi connectivity index (χ1v) is 7.78. The van der Waals surface area contributed by atoms with Gasteiger partial charge in [0.15, 0.2) is 0 Å². The number of carbonyl (C=O) groups excluding carboxylic acids is 1. The van der Waals surface area contributed by atoms with Crippen molar-refractivity contribution in [3.63, 3.8) is 0 Å². The van der Waals surface area contributed by atoms with E-state index in [-0.39, 0.29) is 5.91 Å². The minimum Gasteiger partial charge on any atom is -0.397 e. The molecular weight excluding hydrogens is 264 g/mol. The zero-order valence-corrected chi connectivity index (χ0v) is 12.8. The average molecular weight is 290 g/mol. The van der Waals surface area contributed by atoms with Crippen LogP contribution in [0.3, 0.4) is 0 Å². The van der Waals surface area contributed by atoms with Gasteiger partial charge in [-0.3, -0.25) is 4.79 Å². The first-order valence-electron chi connectivity index (χ1n) is 7.78. The maximum Gasteiger partial charge on any atom is 0.251 e. The van der Waals surface area contributed by atoms with Crippen molar-refractivity contribution in [2.45, 2.75) is 25.7 Å². The van der Waals surface area contributed by atoms with E-state index in [9.17, 15) is 4.79 Å². The Kier molecular flexibility index (Phi) is 5.87. The standard InChI is InChI=1S/C16H26N4O/c1-18-16(21)13-6-7-15(14(17)12-13)19-8-11-20-9-4-2-3-5-10-20/h6-7,12,19H,2-5,8-11,17H2,1H3,(H,18,21). The predicted octanol–water partition coefficient (Wildman–Crippen LogP) is 1.92. The second-order valence-electron chi connectivity index (χ2n) is 5.56. The fraction of sp³-hybridized carbons (Fsp3) is 0.562. The highest BCUT2D eigenvalue weighted by Gasteiger charge is 2.09. The minimum atomic E-state index is -0.113. The number of rotatable bonds is 5. The van der Waals surface area contributed by atoms with Crippen LogP contribution in [0.4, 0.5) is 11.4 Å². The van der Waals surface area contributed by atoms with Crippen molar-refractivity contribution in [2.24, 2.45) is 0 Å². The molecule has 2 rings (SSSR count). The molecule has 0 bridgehead atoms. The van der Waals surface area contributed by atoms with Crippen LogP contribution in [-0.4, -0.2) is 44.0 Å². The van der Waals surface area contributed by atoms with Crippen LogP contribution < -0.4 is 16.4 Å². The van der Waals surface area contributed by atoms with E-state index in [1.165, 1.54) is 38.8 Å². The lowest BCUT2D eigenvalue weighted by Crippen LogP contribution is -2.30. The molecular formula is C16H26N4O. The summed E-state index contributed by atoms with van der Waals surface area (Å²) in [5, 5.41) is 5.96.